The summed E-state index contributed by atoms with van der Waals surface area (Å²) < 4.78 is 42.9. The molecule has 0 aliphatic rings. The number of aryl methyl sites for hydroxylation is 1. The molecule has 0 aliphatic carbocycles. The highest BCUT2D eigenvalue weighted by Crippen LogP contribution is 2.17. The minimum Gasteiger partial charge on any atom is -0.489 e. The molecule has 1 rings (SSSR count). The van der Waals surface area contributed by atoms with Crippen LogP contribution in [0.3, 0.4) is 0 Å². The molecule has 1 aromatic carbocycles. The zero-order chi connectivity index (χ0) is 13.1. The smallest absolute Gasteiger partial charge is 0.489 e. The van der Waals surface area contributed by atoms with Crippen LogP contribution in [0.25, 0.3) is 0 Å². The number of hydrogen-bond donors (Lipinski definition) is 0. The second-order valence-electron chi connectivity index (χ2n) is 3.84. The van der Waals surface area contributed by atoms with Gasteiger partial charge in [0.05, 0.1) is 0 Å². The highest BCUT2D eigenvalue weighted by Gasteiger charge is 2.27. The molecule has 0 bridgehead atoms. The van der Waals surface area contributed by atoms with Gasteiger partial charge in [-0.2, -0.15) is 0 Å². The van der Waals surface area contributed by atoms with Gasteiger partial charge in [0.15, 0.2) is 0 Å². The maximum Gasteiger partial charge on any atom is 0.509 e. The van der Waals surface area contributed by atoms with E-state index in [-0.39, 0.29) is 12.2 Å². The third-order valence-corrected chi connectivity index (χ3v) is 2.62. The number of benzene rings is 1. The molecule has 17 heavy (non-hydrogen) atoms. The molecule has 1 nitrogen and oxygen atoms in total. The summed E-state index contributed by atoms with van der Waals surface area (Å²) in [5, 5.41) is 0. The van der Waals surface area contributed by atoms with Crippen molar-refractivity contribution < 1.29 is 17.7 Å². The molecule has 0 aliphatic heterocycles. The Kier molecular flexibility index (Phi) is 4.51. The first kappa shape index (κ1) is 14.0. The standard InChI is InChI=1S/C11H12BClF3O/c1-8(6-13)7-17-10-3-4-11(9(2)5-10)12(14,15)16/h3-6H,7H2,1-2H3/q-1/b8-6-. The lowest BCUT2D eigenvalue weighted by atomic mass is 9.77. The van der Waals surface area contributed by atoms with Gasteiger partial charge < -0.3 is 17.7 Å². The molecule has 0 atom stereocenters. The molecule has 0 aromatic heterocycles. The molecule has 0 amide bonds. The van der Waals surface area contributed by atoms with E-state index in [9.17, 15) is 12.9 Å². The van der Waals surface area contributed by atoms with Crippen molar-refractivity contribution in [1.29, 1.82) is 0 Å². The van der Waals surface area contributed by atoms with Crippen molar-refractivity contribution in [3.8, 4) is 5.75 Å². The molecule has 0 unspecified atom stereocenters. The Balaban J connectivity index is 2.83. The molecule has 0 saturated heterocycles. The zero-order valence-corrected chi connectivity index (χ0v) is 10.3. The van der Waals surface area contributed by atoms with Crippen molar-refractivity contribution in [2.24, 2.45) is 0 Å². The number of hydrogen-bond acceptors (Lipinski definition) is 1. The maximum atomic E-state index is 12.5. The summed E-state index contributed by atoms with van der Waals surface area (Å²) >= 11 is 5.45. The van der Waals surface area contributed by atoms with E-state index in [0.717, 1.165) is 11.6 Å². The van der Waals surface area contributed by atoms with Gasteiger partial charge in [0.1, 0.15) is 12.4 Å². The SMILES string of the molecule is C/C(=C/Cl)COc1ccc([B-](F)(F)F)c(C)c1. The molecule has 94 valence electrons. The van der Waals surface area contributed by atoms with Gasteiger partial charge in [-0.05, 0) is 31.6 Å². The predicted molar refractivity (Wildman–Crippen MR) is 65.0 cm³/mol. The Bertz CT molecular complexity index is 429. The maximum absolute atomic E-state index is 12.5. The van der Waals surface area contributed by atoms with Crippen LogP contribution in [0.15, 0.2) is 29.3 Å². The highest BCUT2D eigenvalue weighted by molar-refractivity contribution is 6.74. The van der Waals surface area contributed by atoms with Gasteiger partial charge in [0.2, 0.25) is 0 Å². The van der Waals surface area contributed by atoms with Crippen molar-refractivity contribution in [1.82, 2.24) is 0 Å². The third kappa shape index (κ3) is 4.00. The van der Waals surface area contributed by atoms with Crippen LogP contribution in [-0.2, 0) is 0 Å². The van der Waals surface area contributed by atoms with Gasteiger partial charge in [-0.1, -0.05) is 23.2 Å². The lowest BCUT2D eigenvalue weighted by Gasteiger charge is -2.18. The summed E-state index contributed by atoms with van der Waals surface area (Å²) in [7, 11) is 0. The van der Waals surface area contributed by atoms with E-state index in [2.05, 4.69) is 0 Å². The first-order chi connectivity index (χ1) is 7.84. The molecule has 0 N–H and O–H groups in total. The lowest BCUT2D eigenvalue weighted by molar-refractivity contribution is 0.352. The normalized spacial score (nSPS) is 12.7. The molecule has 0 fully saturated rings. The van der Waals surface area contributed by atoms with Crippen LogP contribution in [0.1, 0.15) is 12.5 Å². The summed E-state index contributed by atoms with van der Waals surface area (Å²) in [6, 6.07) is 3.75. The Morgan fingerprint density at radius 2 is 2.06 bits per heavy atom. The number of ether oxygens (including phenoxy) is 1. The Hall–Kier alpha value is -1.10. The van der Waals surface area contributed by atoms with Crippen molar-refractivity contribution in [2.45, 2.75) is 13.8 Å². The number of halogens is 4. The quantitative estimate of drug-likeness (QED) is 0.755. The van der Waals surface area contributed by atoms with Gasteiger partial charge in [-0.3, -0.25) is 0 Å². The highest BCUT2D eigenvalue weighted by atomic mass is 35.5. The molecular weight excluding hydrogens is 251 g/mol. The molecule has 6 heteroatoms. The van der Waals surface area contributed by atoms with Crippen LogP contribution in [0.4, 0.5) is 12.9 Å². The van der Waals surface area contributed by atoms with Gasteiger partial charge >= 0.3 is 6.98 Å². The van der Waals surface area contributed by atoms with E-state index >= 15 is 0 Å². The van der Waals surface area contributed by atoms with Crippen LogP contribution in [-0.4, -0.2) is 13.6 Å². The van der Waals surface area contributed by atoms with Crippen molar-refractivity contribution in [3.63, 3.8) is 0 Å². The zero-order valence-electron chi connectivity index (χ0n) is 9.51. The molecular formula is C11H12BClF3O-. The summed E-state index contributed by atoms with van der Waals surface area (Å²) in [6.45, 7) is -1.51. The summed E-state index contributed by atoms with van der Waals surface area (Å²) in [5.41, 5.74) is 1.76. The van der Waals surface area contributed by atoms with E-state index in [4.69, 9.17) is 16.3 Å². The van der Waals surface area contributed by atoms with Crippen molar-refractivity contribution in [3.05, 3.63) is 34.9 Å². The summed E-state index contributed by atoms with van der Waals surface area (Å²) in [4.78, 5) is 0. The van der Waals surface area contributed by atoms with E-state index in [0.29, 0.717) is 5.75 Å². The van der Waals surface area contributed by atoms with Crippen molar-refractivity contribution >= 4 is 24.0 Å². The predicted octanol–water partition coefficient (Wildman–Crippen LogP) is 3.57. The summed E-state index contributed by atoms with van der Waals surface area (Å²) in [6.07, 6.45) is 0. The van der Waals surface area contributed by atoms with Crippen LogP contribution >= 0.6 is 11.6 Å². The average molecular weight is 263 g/mol. The van der Waals surface area contributed by atoms with E-state index in [1.807, 2.05) is 0 Å². The first-order valence-electron chi connectivity index (χ1n) is 5.03. The fourth-order valence-electron chi connectivity index (χ4n) is 1.33. The van der Waals surface area contributed by atoms with Gasteiger partial charge in [0.25, 0.3) is 0 Å². The molecule has 0 radical (unpaired) electrons. The Morgan fingerprint density at radius 1 is 1.41 bits per heavy atom. The average Bonchev–Trinajstić information content (AvgIpc) is 2.24. The van der Waals surface area contributed by atoms with Gasteiger partial charge in [-0.15, -0.1) is 5.46 Å². The topological polar surface area (TPSA) is 9.23 Å². The van der Waals surface area contributed by atoms with Gasteiger partial charge in [-0.25, -0.2) is 0 Å². The molecule has 0 spiro atoms. The monoisotopic (exact) mass is 263 g/mol. The second kappa shape index (κ2) is 5.49. The fourth-order valence-corrected chi connectivity index (χ4v) is 1.40. The van der Waals surface area contributed by atoms with E-state index < -0.39 is 12.4 Å². The largest absolute Gasteiger partial charge is 0.509 e. The van der Waals surface area contributed by atoms with Gasteiger partial charge in [0, 0.05) is 5.54 Å². The third-order valence-electron chi connectivity index (χ3n) is 2.25. The lowest BCUT2D eigenvalue weighted by Crippen LogP contribution is -2.35. The second-order valence-corrected chi connectivity index (χ2v) is 4.06. The molecule has 1 aromatic rings. The Morgan fingerprint density at radius 3 is 2.53 bits per heavy atom. The van der Waals surface area contributed by atoms with Crippen molar-refractivity contribution in [2.75, 3.05) is 6.61 Å². The minimum atomic E-state index is -4.96. The van der Waals surface area contributed by atoms with Crippen LogP contribution in [0.5, 0.6) is 5.75 Å². The van der Waals surface area contributed by atoms with Crippen LogP contribution < -0.4 is 10.2 Å². The van der Waals surface area contributed by atoms with Crippen LogP contribution in [0, 0.1) is 6.92 Å². The number of rotatable bonds is 4. The fraction of sp³-hybridized carbons (Fsp3) is 0.273. The first-order valence-corrected chi connectivity index (χ1v) is 5.47. The molecule has 0 saturated carbocycles. The summed E-state index contributed by atoms with van der Waals surface area (Å²) in [5.74, 6) is 0.407. The molecule has 0 heterocycles. The Labute approximate surface area is 103 Å². The van der Waals surface area contributed by atoms with E-state index in [1.54, 1.807) is 6.92 Å². The van der Waals surface area contributed by atoms with Crippen LogP contribution in [0.2, 0.25) is 0 Å². The minimum absolute atomic E-state index is 0.169. The van der Waals surface area contributed by atoms with E-state index in [1.165, 1.54) is 24.6 Å².